The van der Waals surface area contributed by atoms with Crippen LogP contribution in [0.1, 0.15) is 51.8 Å². The van der Waals surface area contributed by atoms with Crippen molar-refractivity contribution < 1.29 is 14.3 Å². The van der Waals surface area contributed by atoms with E-state index in [-0.39, 0.29) is 18.1 Å². The van der Waals surface area contributed by atoms with Crippen molar-refractivity contribution in [3.05, 3.63) is 70.9 Å². The lowest BCUT2D eigenvalue weighted by Crippen LogP contribution is -2.47. The number of hydrogen-bond donors (Lipinski definition) is 3. The van der Waals surface area contributed by atoms with Crippen LogP contribution < -0.4 is 16.0 Å². The number of thiocarbonyl (C=S) groups is 1. The molecule has 1 aliphatic heterocycles. The molecular weight excluding hydrogens is 448 g/mol. The van der Waals surface area contributed by atoms with Crippen molar-refractivity contribution in [2.75, 3.05) is 17.2 Å². The molecule has 0 saturated heterocycles. The van der Waals surface area contributed by atoms with E-state index in [0.29, 0.717) is 22.9 Å². The molecule has 180 valence electrons. The van der Waals surface area contributed by atoms with E-state index >= 15 is 0 Å². The van der Waals surface area contributed by atoms with Crippen LogP contribution in [0, 0.1) is 0 Å². The number of esters is 1. The number of anilines is 2. The second kappa shape index (κ2) is 11.2. The van der Waals surface area contributed by atoms with Crippen LogP contribution in [0.25, 0.3) is 0 Å². The summed E-state index contributed by atoms with van der Waals surface area (Å²) >= 11 is 5.54. The third-order valence-electron chi connectivity index (χ3n) is 5.62. The first kappa shape index (κ1) is 25.2. The van der Waals surface area contributed by atoms with Gasteiger partial charge < -0.3 is 25.6 Å². The quantitative estimate of drug-likeness (QED) is 0.365. The molecule has 7 nitrogen and oxygen atoms in total. The maximum Gasteiger partial charge on any atom is 0.338 e. The van der Waals surface area contributed by atoms with E-state index in [4.69, 9.17) is 17.0 Å². The lowest BCUT2D eigenvalue weighted by molar-refractivity contribution is -0.143. The predicted octanol–water partition coefficient (Wildman–Crippen LogP) is 5.37. The fraction of sp³-hybridized carbons (Fsp3) is 0.346. The predicted molar refractivity (Wildman–Crippen MR) is 140 cm³/mol. The van der Waals surface area contributed by atoms with Crippen molar-refractivity contribution in [2.45, 2.75) is 53.2 Å². The van der Waals surface area contributed by atoms with Gasteiger partial charge in [0, 0.05) is 23.6 Å². The molecule has 0 spiro atoms. The van der Waals surface area contributed by atoms with Crippen molar-refractivity contribution in [3.63, 3.8) is 0 Å². The third-order valence-corrected chi connectivity index (χ3v) is 5.96. The number of nitrogens with one attached hydrogen (secondary N) is 3. The molecule has 0 saturated carbocycles. The van der Waals surface area contributed by atoms with Gasteiger partial charge in [-0.15, -0.1) is 0 Å². The second-order valence-corrected chi connectivity index (χ2v) is 8.68. The van der Waals surface area contributed by atoms with Gasteiger partial charge in [-0.3, -0.25) is 0 Å². The molecule has 0 bridgehead atoms. The van der Waals surface area contributed by atoms with Crippen molar-refractivity contribution in [1.82, 2.24) is 10.2 Å². The van der Waals surface area contributed by atoms with Gasteiger partial charge in [-0.25, -0.2) is 9.59 Å². The van der Waals surface area contributed by atoms with Crippen LogP contribution in [0.15, 0.2) is 59.8 Å². The molecule has 2 aromatic carbocycles. The van der Waals surface area contributed by atoms with Gasteiger partial charge in [0.15, 0.2) is 5.11 Å². The molecule has 0 unspecified atom stereocenters. The summed E-state index contributed by atoms with van der Waals surface area (Å²) in [6.07, 6.45) is 0.589. The smallest absolute Gasteiger partial charge is 0.338 e. The fourth-order valence-electron chi connectivity index (χ4n) is 3.95. The molecule has 0 aliphatic carbocycles. The number of rotatable bonds is 7. The van der Waals surface area contributed by atoms with Gasteiger partial charge in [-0.2, -0.15) is 0 Å². The van der Waals surface area contributed by atoms with E-state index in [1.165, 1.54) is 0 Å². The molecule has 34 heavy (non-hydrogen) atoms. The Balaban J connectivity index is 1.80. The van der Waals surface area contributed by atoms with E-state index in [1.54, 1.807) is 12.1 Å². The number of hydrogen-bond acceptors (Lipinski definition) is 4. The maximum absolute atomic E-state index is 13.0. The number of ether oxygens (including phenoxy) is 1. The molecule has 8 heteroatoms. The lowest BCUT2D eigenvalue weighted by Gasteiger charge is -2.37. The van der Waals surface area contributed by atoms with Crippen molar-refractivity contribution in [2.24, 2.45) is 0 Å². The number of amides is 2. The van der Waals surface area contributed by atoms with Crippen LogP contribution in [0.3, 0.4) is 0 Å². The average molecular weight is 481 g/mol. The third kappa shape index (κ3) is 5.75. The highest BCUT2D eigenvalue weighted by Gasteiger charge is 2.34. The van der Waals surface area contributed by atoms with Gasteiger partial charge >= 0.3 is 12.0 Å². The van der Waals surface area contributed by atoms with Crippen LogP contribution in [0.5, 0.6) is 0 Å². The first-order valence-corrected chi connectivity index (χ1v) is 11.9. The fourth-order valence-corrected chi connectivity index (χ4v) is 4.33. The zero-order valence-corrected chi connectivity index (χ0v) is 21.1. The summed E-state index contributed by atoms with van der Waals surface area (Å²) in [7, 11) is 0. The highest BCUT2D eigenvalue weighted by Crippen LogP contribution is 2.32. The standard InChI is InChI=1S/C26H32N4O3S/c1-6-18-10-8-9-11-21(18)28-25(32)27-20-14-12-19(13-15-20)23-22(24(31)33-16(3)4)17(5)30(7-2)26(34)29-23/h8-16,23H,6-7H2,1-5H3,(H,29,34)(H2,27,28,32)/t23-/m0/s1. The summed E-state index contributed by atoms with van der Waals surface area (Å²) in [6, 6.07) is 14.3. The van der Waals surface area contributed by atoms with E-state index < -0.39 is 6.04 Å². The Bertz CT molecular complexity index is 1100. The number of benzene rings is 2. The number of para-hydroxylation sites is 1. The summed E-state index contributed by atoms with van der Waals surface area (Å²) < 4.78 is 5.52. The Labute approximate surface area is 206 Å². The van der Waals surface area contributed by atoms with Crippen LogP contribution in [-0.2, 0) is 16.0 Å². The van der Waals surface area contributed by atoms with Crippen LogP contribution >= 0.6 is 12.2 Å². The molecule has 0 radical (unpaired) electrons. The Kier molecular flexibility index (Phi) is 8.28. The van der Waals surface area contributed by atoms with Crippen LogP contribution in [-0.4, -0.2) is 34.7 Å². The van der Waals surface area contributed by atoms with Gasteiger partial charge in [-0.05, 0) is 75.7 Å². The monoisotopic (exact) mass is 480 g/mol. The van der Waals surface area contributed by atoms with Crippen LogP contribution in [0.4, 0.5) is 16.2 Å². The number of allylic oxidation sites excluding steroid dienone is 1. The number of carbonyl (C=O) groups excluding carboxylic acids is 2. The van der Waals surface area contributed by atoms with Gasteiger partial charge in [0.2, 0.25) is 0 Å². The molecule has 2 amide bonds. The van der Waals surface area contributed by atoms with Crippen LogP contribution in [0.2, 0.25) is 0 Å². The first-order valence-electron chi connectivity index (χ1n) is 11.5. The number of aryl methyl sites for hydroxylation is 1. The maximum atomic E-state index is 13.0. The molecule has 1 atom stereocenters. The van der Waals surface area contributed by atoms with Gasteiger partial charge in [0.05, 0.1) is 17.7 Å². The normalized spacial score (nSPS) is 15.8. The molecular formula is C26H32N4O3S. The van der Waals surface area contributed by atoms with Crippen molar-refractivity contribution in [1.29, 1.82) is 0 Å². The zero-order valence-electron chi connectivity index (χ0n) is 20.3. The topological polar surface area (TPSA) is 82.7 Å². The molecule has 1 heterocycles. The van der Waals surface area contributed by atoms with E-state index in [0.717, 1.165) is 28.9 Å². The van der Waals surface area contributed by atoms with E-state index in [2.05, 4.69) is 16.0 Å². The molecule has 0 aromatic heterocycles. The molecule has 3 N–H and O–H groups in total. The molecule has 0 fully saturated rings. The number of nitrogens with zero attached hydrogens (tertiary/aromatic N) is 1. The Morgan fingerprint density at radius 1 is 1.09 bits per heavy atom. The highest BCUT2D eigenvalue weighted by molar-refractivity contribution is 7.80. The Hall–Kier alpha value is -3.39. The largest absolute Gasteiger partial charge is 0.459 e. The van der Waals surface area contributed by atoms with Gasteiger partial charge in [-0.1, -0.05) is 37.3 Å². The minimum absolute atomic E-state index is 0.236. The SMILES string of the molecule is CCc1ccccc1NC(=O)Nc1ccc([C@@H]2NC(=S)N(CC)C(C)=C2C(=O)OC(C)C)cc1. The highest BCUT2D eigenvalue weighted by atomic mass is 32.1. The minimum atomic E-state index is -0.444. The van der Waals surface area contributed by atoms with Gasteiger partial charge in [0.25, 0.3) is 0 Å². The van der Waals surface area contributed by atoms with E-state index in [9.17, 15) is 9.59 Å². The molecule has 1 aliphatic rings. The van der Waals surface area contributed by atoms with E-state index in [1.807, 2.05) is 75.9 Å². The number of carbonyl (C=O) groups is 2. The Morgan fingerprint density at radius 2 is 1.76 bits per heavy atom. The first-order chi connectivity index (χ1) is 16.2. The summed E-state index contributed by atoms with van der Waals surface area (Å²) in [5, 5.41) is 9.59. The van der Waals surface area contributed by atoms with Crippen molar-refractivity contribution >= 4 is 40.7 Å². The second-order valence-electron chi connectivity index (χ2n) is 8.29. The summed E-state index contributed by atoms with van der Waals surface area (Å²) in [4.78, 5) is 27.3. The average Bonchev–Trinajstić information content (AvgIpc) is 2.79. The minimum Gasteiger partial charge on any atom is -0.459 e. The van der Waals surface area contributed by atoms with Gasteiger partial charge in [0.1, 0.15) is 0 Å². The number of urea groups is 1. The lowest BCUT2D eigenvalue weighted by atomic mass is 9.94. The van der Waals surface area contributed by atoms with Crippen molar-refractivity contribution in [3.8, 4) is 0 Å². The Morgan fingerprint density at radius 3 is 2.38 bits per heavy atom. The molecule has 2 aromatic rings. The zero-order chi connectivity index (χ0) is 24.8. The summed E-state index contributed by atoms with van der Waals surface area (Å²) in [6.45, 7) is 10.2. The molecule has 3 rings (SSSR count). The summed E-state index contributed by atoms with van der Waals surface area (Å²) in [5.74, 6) is -0.373. The summed E-state index contributed by atoms with van der Waals surface area (Å²) in [5.41, 5.74) is 4.63.